The van der Waals surface area contributed by atoms with Gasteiger partial charge in [0.25, 0.3) is 5.91 Å². The van der Waals surface area contributed by atoms with Gasteiger partial charge in [-0.15, -0.1) is 0 Å². The Hall–Kier alpha value is -4.12. The van der Waals surface area contributed by atoms with Gasteiger partial charge in [-0.3, -0.25) is 10.2 Å². The van der Waals surface area contributed by atoms with Gasteiger partial charge in [0.2, 0.25) is 10.0 Å². The van der Waals surface area contributed by atoms with E-state index in [2.05, 4.69) is 15.8 Å². The third-order valence-corrected chi connectivity index (χ3v) is 7.23. The van der Waals surface area contributed by atoms with Crippen molar-refractivity contribution in [1.29, 1.82) is 0 Å². The maximum atomic E-state index is 13.6. The van der Waals surface area contributed by atoms with Crippen LogP contribution >= 0.6 is 12.2 Å². The van der Waals surface area contributed by atoms with Gasteiger partial charge in [0, 0.05) is 5.56 Å². The van der Waals surface area contributed by atoms with E-state index in [4.69, 9.17) is 17.4 Å². The number of nitrogens with two attached hydrogens (primary N) is 1. The molecule has 0 unspecified atom stereocenters. The summed E-state index contributed by atoms with van der Waals surface area (Å²) in [5.41, 5.74) is 6.53. The van der Waals surface area contributed by atoms with E-state index in [0.29, 0.717) is 12.1 Å². The maximum Gasteiger partial charge on any atom is 0.279 e. The molecule has 37 heavy (non-hydrogen) atoms. The summed E-state index contributed by atoms with van der Waals surface area (Å²) < 4.78 is 23.8. The summed E-state index contributed by atoms with van der Waals surface area (Å²) in [7, 11) is -3.96. The van der Waals surface area contributed by atoms with Crippen LogP contribution in [0.2, 0.25) is 0 Å². The van der Waals surface area contributed by atoms with Crippen molar-refractivity contribution in [3.63, 3.8) is 0 Å². The summed E-state index contributed by atoms with van der Waals surface area (Å²) in [6, 6.07) is 26.0. The van der Waals surface area contributed by atoms with E-state index in [9.17, 15) is 13.2 Å². The van der Waals surface area contributed by atoms with E-state index >= 15 is 0 Å². The Bertz CT molecular complexity index is 1690. The van der Waals surface area contributed by atoms with E-state index in [1.807, 2.05) is 67.6 Å². The van der Waals surface area contributed by atoms with Gasteiger partial charge in [0.05, 0.1) is 17.9 Å². The van der Waals surface area contributed by atoms with Crippen LogP contribution in [0, 0.1) is 6.92 Å². The summed E-state index contributed by atoms with van der Waals surface area (Å²) in [5.74, 6) is -0.270. The van der Waals surface area contributed by atoms with Gasteiger partial charge < -0.3 is 10.2 Å². The van der Waals surface area contributed by atoms with E-state index in [-0.39, 0.29) is 27.3 Å². The highest BCUT2D eigenvalue weighted by Gasteiger charge is 2.34. The number of anilines is 2. The van der Waals surface area contributed by atoms with Gasteiger partial charge in [-0.05, 0) is 59.7 Å². The lowest BCUT2D eigenvalue weighted by Crippen LogP contribution is -2.32. The normalized spacial score (nSPS) is 14.2. The zero-order valence-electron chi connectivity index (χ0n) is 19.8. The number of hydrogen-bond acceptors (Lipinski definition) is 5. The summed E-state index contributed by atoms with van der Waals surface area (Å²) in [6.45, 7) is 2.32. The topological polar surface area (TPSA) is 117 Å². The second-order valence-corrected chi connectivity index (χ2v) is 10.6. The number of rotatable bonds is 5. The van der Waals surface area contributed by atoms with Crippen molar-refractivity contribution in [2.24, 2.45) is 10.2 Å². The van der Waals surface area contributed by atoms with Crippen LogP contribution in [-0.4, -0.2) is 25.1 Å². The minimum Gasteiger partial charge on any atom is -0.330 e. The quantitative estimate of drug-likeness (QED) is 0.265. The molecule has 4 N–H and O–H groups in total. The molecule has 0 radical (unpaired) electrons. The molecule has 0 atom stereocenters. The van der Waals surface area contributed by atoms with Crippen molar-refractivity contribution in [2.75, 3.05) is 10.2 Å². The number of primary sulfonamides is 1. The molecule has 1 aliphatic heterocycles. The fourth-order valence-corrected chi connectivity index (χ4v) is 5.22. The Morgan fingerprint density at radius 3 is 2.54 bits per heavy atom. The van der Waals surface area contributed by atoms with Crippen molar-refractivity contribution in [3.8, 4) is 0 Å². The number of fused-ring (bicyclic) bond motifs is 2. The summed E-state index contributed by atoms with van der Waals surface area (Å²) in [6.07, 6.45) is 0. The maximum absolute atomic E-state index is 13.6. The van der Waals surface area contributed by atoms with Gasteiger partial charge >= 0.3 is 0 Å². The Labute approximate surface area is 219 Å². The zero-order valence-corrected chi connectivity index (χ0v) is 21.4. The third kappa shape index (κ3) is 4.94. The van der Waals surface area contributed by atoms with Crippen LogP contribution in [0.4, 0.5) is 11.4 Å². The second-order valence-electron chi connectivity index (χ2n) is 8.62. The second kappa shape index (κ2) is 9.74. The van der Waals surface area contributed by atoms with Crippen molar-refractivity contribution in [1.82, 2.24) is 5.43 Å². The highest BCUT2D eigenvalue weighted by molar-refractivity contribution is 7.89. The molecule has 1 heterocycles. The minimum absolute atomic E-state index is 0.0121. The van der Waals surface area contributed by atoms with Crippen molar-refractivity contribution in [2.45, 2.75) is 18.4 Å². The summed E-state index contributed by atoms with van der Waals surface area (Å²) >= 11 is 5.31. The van der Waals surface area contributed by atoms with Gasteiger partial charge in [-0.2, -0.15) is 5.10 Å². The number of benzene rings is 4. The number of sulfonamides is 1. The largest absolute Gasteiger partial charge is 0.330 e. The molecule has 4 aromatic carbocycles. The van der Waals surface area contributed by atoms with Crippen LogP contribution < -0.4 is 20.8 Å². The molecule has 0 saturated carbocycles. The van der Waals surface area contributed by atoms with E-state index in [0.717, 1.165) is 27.6 Å². The monoisotopic (exact) mass is 529 g/mol. The van der Waals surface area contributed by atoms with Crippen molar-refractivity contribution >= 4 is 61.1 Å². The first-order chi connectivity index (χ1) is 17.7. The molecule has 0 aromatic heterocycles. The molecule has 0 bridgehead atoms. The van der Waals surface area contributed by atoms with E-state index < -0.39 is 10.0 Å². The predicted octanol–water partition coefficient (Wildman–Crippen LogP) is 4.03. The van der Waals surface area contributed by atoms with Crippen LogP contribution in [0.1, 0.15) is 16.7 Å². The van der Waals surface area contributed by atoms with Crippen molar-refractivity contribution < 1.29 is 13.2 Å². The number of nitrogens with one attached hydrogen (secondary N) is 2. The molecule has 1 aliphatic rings. The number of carbonyl (C=O) groups excluding carboxylic acids is 1. The fraction of sp³-hybridized carbons (Fsp3) is 0.0741. The van der Waals surface area contributed by atoms with Crippen molar-refractivity contribution in [3.05, 3.63) is 102 Å². The molecule has 0 spiro atoms. The number of nitrogens with zero attached hydrogens (tertiary/aromatic N) is 2. The first kappa shape index (κ1) is 24.6. The molecule has 8 nitrogen and oxygen atoms in total. The lowest BCUT2D eigenvalue weighted by Gasteiger charge is -2.18. The molecular formula is C27H23N5O3S2. The van der Waals surface area contributed by atoms with Gasteiger partial charge in [-0.1, -0.05) is 66.2 Å². The lowest BCUT2D eigenvalue weighted by molar-refractivity contribution is -0.112. The number of hydrogen-bond donors (Lipinski definition) is 3. The first-order valence-corrected chi connectivity index (χ1v) is 13.3. The summed E-state index contributed by atoms with van der Waals surface area (Å²) in [4.78, 5) is 15.2. The Kier molecular flexibility index (Phi) is 6.46. The Morgan fingerprint density at radius 1 is 1.00 bits per heavy atom. The third-order valence-electron chi connectivity index (χ3n) is 6.07. The standard InChI is InChI=1S/C27H23N5O3S2/c1-17-13-14-23-21(15-17)25(30-31-27(36)29-22-11-4-5-12-24(22)37(28,34)35)26(33)32(23)16-19-9-6-8-18-7-2-3-10-20(18)19/h2-15H,16H2,1H3,(H2,28,34,35)(H2,29,31,36). The van der Waals surface area contributed by atoms with E-state index in [1.54, 1.807) is 17.0 Å². The Balaban J connectivity index is 1.43. The molecule has 186 valence electrons. The molecule has 10 heteroatoms. The van der Waals surface area contributed by atoms with Crippen LogP contribution in [0.15, 0.2) is 94.9 Å². The number of carbonyl (C=O) groups is 1. The number of aryl methyl sites for hydroxylation is 1. The van der Waals surface area contributed by atoms with Crippen LogP contribution in [0.5, 0.6) is 0 Å². The number of hydrazone groups is 1. The molecule has 0 aliphatic carbocycles. The first-order valence-electron chi connectivity index (χ1n) is 11.4. The van der Waals surface area contributed by atoms with Crippen LogP contribution in [0.3, 0.4) is 0 Å². The SMILES string of the molecule is Cc1ccc2c(c1)C(=NNC(=S)Nc1ccccc1S(N)(=O)=O)C(=O)N2Cc1cccc2ccccc12. The van der Waals surface area contributed by atoms with Gasteiger partial charge in [-0.25, -0.2) is 13.6 Å². The lowest BCUT2D eigenvalue weighted by atomic mass is 10.0. The minimum atomic E-state index is -3.96. The highest BCUT2D eigenvalue weighted by atomic mass is 32.2. The zero-order chi connectivity index (χ0) is 26.2. The number of para-hydroxylation sites is 1. The van der Waals surface area contributed by atoms with Gasteiger partial charge in [0.1, 0.15) is 4.90 Å². The fourth-order valence-electron chi connectivity index (χ4n) is 4.37. The van der Waals surface area contributed by atoms with Crippen LogP contribution in [-0.2, 0) is 21.4 Å². The molecule has 0 fully saturated rings. The molecule has 5 rings (SSSR count). The predicted molar refractivity (Wildman–Crippen MR) is 150 cm³/mol. The average Bonchev–Trinajstić information content (AvgIpc) is 3.12. The smallest absolute Gasteiger partial charge is 0.279 e. The number of amides is 1. The van der Waals surface area contributed by atoms with Gasteiger partial charge in [0.15, 0.2) is 10.8 Å². The molecule has 1 amide bonds. The molecule has 0 saturated heterocycles. The number of thiocarbonyl (C=S) groups is 1. The molecular weight excluding hydrogens is 506 g/mol. The molecule has 4 aromatic rings. The average molecular weight is 530 g/mol. The highest BCUT2D eigenvalue weighted by Crippen LogP contribution is 2.33. The van der Waals surface area contributed by atoms with Crippen LogP contribution in [0.25, 0.3) is 10.8 Å². The summed E-state index contributed by atoms with van der Waals surface area (Å²) in [5, 5.41) is 14.6. The van der Waals surface area contributed by atoms with E-state index in [1.165, 1.54) is 12.1 Å². The Morgan fingerprint density at radius 2 is 1.73 bits per heavy atom.